The molecule has 0 fully saturated rings. The van der Waals surface area contributed by atoms with Gasteiger partial charge < -0.3 is 15.3 Å². The number of rotatable bonds is 3. The van der Waals surface area contributed by atoms with E-state index in [4.69, 9.17) is 10.2 Å². The number of hydrogen-bond donors (Lipinski definition) is 3. The molecule has 82 valence electrons. The van der Waals surface area contributed by atoms with Gasteiger partial charge in [0.2, 0.25) is 0 Å². The van der Waals surface area contributed by atoms with Gasteiger partial charge in [-0.3, -0.25) is 0 Å². The number of benzene rings is 1. The van der Waals surface area contributed by atoms with Crippen LogP contribution in [0.1, 0.15) is 12.5 Å². The summed E-state index contributed by atoms with van der Waals surface area (Å²) in [6.07, 6.45) is -0.353. The van der Waals surface area contributed by atoms with Gasteiger partial charge in [-0.2, -0.15) is 0 Å². The molecule has 1 aromatic rings. The quantitative estimate of drug-likeness (QED) is 0.698. The first kappa shape index (κ1) is 11.5. The predicted molar refractivity (Wildman–Crippen MR) is 50.0 cm³/mol. The molecule has 1 aromatic carbocycles. The van der Waals surface area contributed by atoms with Gasteiger partial charge in [-0.05, 0) is 18.6 Å². The number of carbonyl (C=O) groups is 1. The minimum absolute atomic E-state index is 0.0419. The molecule has 0 aromatic heterocycles. The van der Waals surface area contributed by atoms with Crippen molar-refractivity contribution in [3.8, 4) is 5.75 Å². The number of halogens is 1. The Morgan fingerprint density at radius 1 is 1.53 bits per heavy atom. The lowest BCUT2D eigenvalue weighted by Crippen LogP contribution is -2.37. The summed E-state index contributed by atoms with van der Waals surface area (Å²) < 4.78 is 13.2. The van der Waals surface area contributed by atoms with E-state index < -0.39 is 17.4 Å². The Morgan fingerprint density at radius 3 is 2.60 bits per heavy atom. The molecular formula is C10H11FO4. The van der Waals surface area contributed by atoms with Gasteiger partial charge in [-0.1, -0.05) is 6.07 Å². The smallest absolute Gasteiger partial charge is 0.335 e. The molecule has 0 aliphatic rings. The fourth-order valence-corrected chi connectivity index (χ4v) is 1.13. The largest absolute Gasteiger partial charge is 0.508 e. The van der Waals surface area contributed by atoms with E-state index in [1.807, 2.05) is 0 Å². The number of phenolic OH excluding ortho intramolecular Hbond substituents is 1. The number of aliphatic carboxylic acids is 1. The average Bonchev–Trinajstić information content (AvgIpc) is 2.09. The third-order valence-corrected chi connectivity index (χ3v) is 2.03. The summed E-state index contributed by atoms with van der Waals surface area (Å²) in [7, 11) is 0. The van der Waals surface area contributed by atoms with Crippen molar-refractivity contribution in [3.63, 3.8) is 0 Å². The second-order valence-corrected chi connectivity index (χ2v) is 3.53. The van der Waals surface area contributed by atoms with Gasteiger partial charge in [0, 0.05) is 12.5 Å². The fraction of sp³-hybridized carbons (Fsp3) is 0.300. The molecule has 1 unspecified atom stereocenters. The summed E-state index contributed by atoms with van der Waals surface area (Å²) in [6.45, 7) is 1.08. The summed E-state index contributed by atoms with van der Waals surface area (Å²) >= 11 is 0. The van der Waals surface area contributed by atoms with Crippen molar-refractivity contribution >= 4 is 5.97 Å². The number of aliphatic hydroxyl groups is 1. The summed E-state index contributed by atoms with van der Waals surface area (Å²) in [4.78, 5) is 10.6. The molecular weight excluding hydrogens is 203 g/mol. The van der Waals surface area contributed by atoms with Gasteiger partial charge in [-0.25, -0.2) is 9.18 Å². The van der Waals surface area contributed by atoms with Crippen LogP contribution in [0.5, 0.6) is 5.75 Å². The van der Waals surface area contributed by atoms with Crippen molar-refractivity contribution in [1.82, 2.24) is 0 Å². The van der Waals surface area contributed by atoms with E-state index in [2.05, 4.69) is 0 Å². The Balaban J connectivity index is 2.95. The third-order valence-electron chi connectivity index (χ3n) is 2.03. The number of carboxylic acid groups (broad SMARTS) is 1. The van der Waals surface area contributed by atoms with E-state index >= 15 is 0 Å². The minimum atomic E-state index is -2.02. The summed E-state index contributed by atoms with van der Waals surface area (Å²) in [5.74, 6) is -2.40. The predicted octanol–water partition coefficient (Wildman–Crippen LogP) is 0.909. The summed E-state index contributed by atoms with van der Waals surface area (Å²) in [6, 6.07) is 3.34. The highest BCUT2D eigenvalue weighted by Gasteiger charge is 2.31. The zero-order chi connectivity index (χ0) is 11.6. The number of aromatic hydroxyl groups is 1. The lowest BCUT2D eigenvalue weighted by atomic mass is 9.96. The topological polar surface area (TPSA) is 77.8 Å². The maximum Gasteiger partial charge on any atom is 0.335 e. The molecule has 0 aliphatic heterocycles. The molecule has 5 heteroatoms. The van der Waals surface area contributed by atoms with E-state index in [0.29, 0.717) is 0 Å². The van der Waals surface area contributed by atoms with E-state index in [-0.39, 0.29) is 17.7 Å². The van der Waals surface area contributed by atoms with E-state index in [1.54, 1.807) is 0 Å². The standard InChI is InChI=1S/C10H11FO4/c1-10(15,9(13)14)5-6-2-3-7(12)4-8(6)11/h2-4,12,15H,5H2,1H3,(H,13,14). The molecule has 0 aliphatic carbocycles. The Hall–Kier alpha value is -1.62. The molecule has 1 rings (SSSR count). The van der Waals surface area contributed by atoms with E-state index in [0.717, 1.165) is 13.0 Å². The van der Waals surface area contributed by atoms with Crippen molar-refractivity contribution < 1.29 is 24.5 Å². The first-order valence-corrected chi connectivity index (χ1v) is 4.26. The molecule has 3 N–H and O–H groups in total. The molecule has 0 radical (unpaired) electrons. The SMILES string of the molecule is CC(O)(Cc1ccc(O)cc1F)C(=O)O. The van der Waals surface area contributed by atoms with Crippen LogP contribution in [0.2, 0.25) is 0 Å². The lowest BCUT2D eigenvalue weighted by molar-refractivity contribution is -0.156. The van der Waals surface area contributed by atoms with Crippen molar-refractivity contribution in [1.29, 1.82) is 0 Å². The van der Waals surface area contributed by atoms with Crippen LogP contribution in [0.15, 0.2) is 18.2 Å². The van der Waals surface area contributed by atoms with Gasteiger partial charge in [0.25, 0.3) is 0 Å². The van der Waals surface area contributed by atoms with Gasteiger partial charge in [0.15, 0.2) is 5.60 Å². The molecule has 0 saturated carbocycles. The Labute approximate surface area is 85.6 Å². The van der Waals surface area contributed by atoms with E-state index in [9.17, 15) is 14.3 Å². The summed E-state index contributed by atoms with van der Waals surface area (Å²) in [5, 5.41) is 27.0. The molecule has 4 nitrogen and oxygen atoms in total. The Kier molecular flexibility index (Phi) is 2.95. The molecule has 0 spiro atoms. The molecule has 1 atom stereocenters. The lowest BCUT2D eigenvalue weighted by Gasteiger charge is -2.17. The van der Waals surface area contributed by atoms with Crippen molar-refractivity contribution in [2.45, 2.75) is 18.9 Å². The van der Waals surface area contributed by atoms with Gasteiger partial charge in [-0.15, -0.1) is 0 Å². The van der Waals surface area contributed by atoms with Crippen LogP contribution in [0.3, 0.4) is 0 Å². The molecule has 0 bridgehead atoms. The molecule has 0 heterocycles. The van der Waals surface area contributed by atoms with Crippen molar-refractivity contribution in [2.75, 3.05) is 0 Å². The first-order valence-electron chi connectivity index (χ1n) is 4.26. The molecule has 0 saturated heterocycles. The normalized spacial score (nSPS) is 14.6. The van der Waals surface area contributed by atoms with Crippen molar-refractivity contribution in [2.24, 2.45) is 0 Å². The van der Waals surface area contributed by atoms with Gasteiger partial charge in [0.05, 0.1) is 0 Å². The van der Waals surface area contributed by atoms with Crippen LogP contribution in [-0.2, 0) is 11.2 Å². The third kappa shape index (κ3) is 2.66. The van der Waals surface area contributed by atoms with Gasteiger partial charge in [0.1, 0.15) is 11.6 Å². The maximum atomic E-state index is 13.2. The summed E-state index contributed by atoms with van der Waals surface area (Å²) in [5.41, 5.74) is -1.97. The van der Waals surface area contributed by atoms with E-state index in [1.165, 1.54) is 12.1 Å². The Morgan fingerprint density at radius 2 is 2.13 bits per heavy atom. The average molecular weight is 214 g/mol. The monoisotopic (exact) mass is 214 g/mol. The first-order chi connectivity index (χ1) is 6.83. The zero-order valence-corrected chi connectivity index (χ0v) is 8.07. The number of hydrogen-bond acceptors (Lipinski definition) is 3. The van der Waals surface area contributed by atoms with Gasteiger partial charge >= 0.3 is 5.97 Å². The number of carboxylic acids is 1. The maximum absolute atomic E-state index is 13.2. The van der Waals surface area contributed by atoms with Crippen LogP contribution in [0.4, 0.5) is 4.39 Å². The molecule has 0 amide bonds. The second-order valence-electron chi connectivity index (χ2n) is 3.53. The fourth-order valence-electron chi connectivity index (χ4n) is 1.13. The Bertz CT molecular complexity index is 387. The van der Waals surface area contributed by atoms with Crippen LogP contribution in [0, 0.1) is 5.82 Å². The zero-order valence-electron chi connectivity index (χ0n) is 8.07. The van der Waals surface area contributed by atoms with Crippen LogP contribution >= 0.6 is 0 Å². The van der Waals surface area contributed by atoms with Crippen LogP contribution < -0.4 is 0 Å². The highest BCUT2D eigenvalue weighted by Crippen LogP contribution is 2.20. The van der Waals surface area contributed by atoms with Crippen molar-refractivity contribution in [3.05, 3.63) is 29.6 Å². The minimum Gasteiger partial charge on any atom is -0.508 e. The highest BCUT2D eigenvalue weighted by molar-refractivity contribution is 5.76. The van der Waals surface area contributed by atoms with Crippen LogP contribution in [0.25, 0.3) is 0 Å². The highest BCUT2D eigenvalue weighted by atomic mass is 19.1. The van der Waals surface area contributed by atoms with Crippen LogP contribution in [-0.4, -0.2) is 26.9 Å². The number of phenols is 1. The molecule has 15 heavy (non-hydrogen) atoms. The second kappa shape index (κ2) is 3.86.